The first-order valence-corrected chi connectivity index (χ1v) is 8.01. The highest BCUT2D eigenvalue weighted by Gasteiger charge is 2.28. The Morgan fingerprint density at radius 3 is 2.86 bits per heavy atom. The Bertz CT molecular complexity index is 505. The molecule has 3 N–H and O–H groups in total. The number of ether oxygens (including phenoxy) is 2. The fourth-order valence-corrected chi connectivity index (χ4v) is 2.68. The van der Waals surface area contributed by atoms with Gasteiger partial charge in [0.15, 0.2) is 0 Å². The smallest absolute Gasteiger partial charge is 0.227 e. The molecule has 2 unspecified atom stereocenters. The summed E-state index contributed by atoms with van der Waals surface area (Å²) < 4.78 is 11.0. The van der Waals surface area contributed by atoms with Crippen molar-refractivity contribution in [3.8, 4) is 11.5 Å². The molecule has 1 fully saturated rings. The Morgan fingerprint density at radius 1 is 1.41 bits per heavy atom. The Hall–Kier alpha value is -1.75. The standard InChI is InChI=1S/C17H26N2O3/c1-3-4-9-22-16-8-7-14(21-2)11-15(16)19-17(20)12-5-6-13(18)10-12/h7-8,11-13H,3-6,9-10,18H2,1-2H3,(H,19,20). The average molecular weight is 306 g/mol. The third kappa shape index (κ3) is 4.37. The minimum atomic E-state index is -0.00954. The number of amides is 1. The molecule has 1 aromatic rings. The lowest BCUT2D eigenvalue weighted by Crippen LogP contribution is -2.23. The molecule has 0 bridgehead atoms. The molecular formula is C17H26N2O3. The van der Waals surface area contributed by atoms with Crippen molar-refractivity contribution in [3.63, 3.8) is 0 Å². The first kappa shape index (κ1) is 16.6. The van der Waals surface area contributed by atoms with Crippen LogP contribution in [0.2, 0.25) is 0 Å². The molecule has 1 aliphatic rings. The molecule has 1 aliphatic carbocycles. The van der Waals surface area contributed by atoms with Crippen LogP contribution in [0.4, 0.5) is 5.69 Å². The van der Waals surface area contributed by atoms with Crippen LogP contribution in [0.3, 0.4) is 0 Å². The lowest BCUT2D eigenvalue weighted by atomic mass is 10.1. The van der Waals surface area contributed by atoms with Crippen LogP contribution in [-0.4, -0.2) is 25.7 Å². The van der Waals surface area contributed by atoms with Gasteiger partial charge in [-0.3, -0.25) is 4.79 Å². The fraction of sp³-hybridized carbons (Fsp3) is 0.588. The van der Waals surface area contributed by atoms with E-state index >= 15 is 0 Å². The van der Waals surface area contributed by atoms with E-state index in [9.17, 15) is 4.79 Å². The number of nitrogens with two attached hydrogens (primary N) is 1. The Balaban J connectivity index is 2.07. The van der Waals surface area contributed by atoms with Gasteiger partial charge in [0.05, 0.1) is 19.4 Å². The zero-order chi connectivity index (χ0) is 15.9. The van der Waals surface area contributed by atoms with Crippen molar-refractivity contribution in [3.05, 3.63) is 18.2 Å². The highest BCUT2D eigenvalue weighted by molar-refractivity contribution is 5.94. The molecule has 0 spiro atoms. The SMILES string of the molecule is CCCCOc1ccc(OC)cc1NC(=O)C1CCC(N)C1. The Kier molecular flexibility index (Phi) is 6.07. The fourth-order valence-electron chi connectivity index (χ4n) is 2.68. The third-order valence-electron chi connectivity index (χ3n) is 4.04. The van der Waals surface area contributed by atoms with E-state index in [4.69, 9.17) is 15.2 Å². The van der Waals surface area contributed by atoms with Crippen LogP contribution >= 0.6 is 0 Å². The van der Waals surface area contributed by atoms with E-state index in [1.165, 1.54) is 0 Å². The first-order valence-electron chi connectivity index (χ1n) is 8.01. The van der Waals surface area contributed by atoms with E-state index < -0.39 is 0 Å². The number of carbonyl (C=O) groups is 1. The van der Waals surface area contributed by atoms with E-state index in [-0.39, 0.29) is 17.9 Å². The van der Waals surface area contributed by atoms with Gasteiger partial charge < -0.3 is 20.5 Å². The molecule has 5 nitrogen and oxygen atoms in total. The van der Waals surface area contributed by atoms with Crippen LogP contribution in [0, 0.1) is 5.92 Å². The molecule has 2 rings (SSSR count). The Labute approximate surface area is 132 Å². The molecule has 1 saturated carbocycles. The van der Waals surface area contributed by atoms with Crippen molar-refractivity contribution in [1.82, 2.24) is 0 Å². The molecule has 1 amide bonds. The van der Waals surface area contributed by atoms with Crippen LogP contribution in [0.1, 0.15) is 39.0 Å². The number of carbonyl (C=O) groups excluding carboxylic acids is 1. The number of rotatable bonds is 7. The molecular weight excluding hydrogens is 280 g/mol. The second-order valence-electron chi connectivity index (χ2n) is 5.82. The summed E-state index contributed by atoms with van der Waals surface area (Å²) in [6, 6.07) is 5.61. The lowest BCUT2D eigenvalue weighted by Gasteiger charge is -2.16. The van der Waals surface area contributed by atoms with Gasteiger partial charge in [-0.25, -0.2) is 0 Å². The van der Waals surface area contributed by atoms with Crippen molar-refractivity contribution < 1.29 is 14.3 Å². The van der Waals surface area contributed by atoms with E-state index in [0.717, 1.165) is 32.1 Å². The number of methoxy groups -OCH3 is 1. The Morgan fingerprint density at radius 2 is 2.23 bits per heavy atom. The molecule has 0 radical (unpaired) electrons. The molecule has 22 heavy (non-hydrogen) atoms. The minimum absolute atomic E-state index is 0.00954. The van der Waals surface area contributed by atoms with E-state index in [2.05, 4.69) is 12.2 Å². The second kappa shape index (κ2) is 8.03. The predicted molar refractivity (Wildman–Crippen MR) is 87.3 cm³/mol. The van der Waals surface area contributed by atoms with Crippen LogP contribution in [-0.2, 0) is 4.79 Å². The van der Waals surface area contributed by atoms with Crippen LogP contribution in [0.15, 0.2) is 18.2 Å². The summed E-state index contributed by atoms with van der Waals surface area (Å²) in [7, 11) is 1.61. The number of anilines is 1. The summed E-state index contributed by atoms with van der Waals surface area (Å²) in [5.74, 6) is 1.39. The topological polar surface area (TPSA) is 73.6 Å². The number of nitrogens with one attached hydrogen (secondary N) is 1. The van der Waals surface area contributed by atoms with Gasteiger partial charge in [0.2, 0.25) is 5.91 Å². The normalized spacial score (nSPS) is 20.7. The van der Waals surface area contributed by atoms with Crippen molar-refractivity contribution in [2.75, 3.05) is 19.0 Å². The van der Waals surface area contributed by atoms with E-state index in [1.54, 1.807) is 13.2 Å². The monoisotopic (exact) mass is 306 g/mol. The van der Waals surface area contributed by atoms with Gasteiger partial charge in [-0.2, -0.15) is 0 Å². The molecule has 0 aromatic heterocycles. The van der Waals surface area contributed by atoms with Gasteiger partial charge in [-0.1, -0.05) is 13.3 Å². The zero-order valence-corrected chi connectivity index (χ0v) is 13.4. The lowest BCUT2D eigenvalue weighted by molar-refractivity contribution is -0.119. The predicted octanol–water partition coefficient (Wildman–Crippen LogP) is 2.94. The van der Waals surface area contributed by atoms with Crippen molar-refractivity contribution in [2.45, 2.75) is 45.1 Å². The highest BCUT2D eigenvalue weighted by Crippen LogP contribution is 2.32. The van der Waals surface area contributed by atoms with E-state index in [1.807, 2.05) is 12.1 Å². The molecule has 5 heteroatoms. The van der Waals surface area contributed by atoms with Gasteiger partial charge in [-0.15, -0.1) is 0 Å². The molecule has 0 aliphatic heterocycles. The van der Waals surface area contributed by atoms with E-state index in [0.29, 0.717) is 23.8 Å². The van der Waals surface area contributed by atoms with Gasteiger partial charge in [0.25, 0.3) is 0 Å². The van der Waals surface area contributed by atoms with Gasteiger partial charge in [0, 0.05) is 18.0 Å². The van der Waals surface area contributed by atoms with Crippen LogP contribution in [0.25, 0.3) is 0 Å². The summed E-state index contributed by atoms with van der Waals surface area (Å²) in [4.78, 5) is 12.4. The number of benzene rings is 1. The first-order chi connectivity index (χ1) is 10.6. The number of hydrogen-bond donors (Lipinski definition) is 2. The summed E-state index contributed by atoms with van der Waals surface area (Å²) in [6.45, 7) is 2.75. The summed E-state index contributed by atoms with van der Waals surface area (Å²) in [5.41, 5.74) is 6.56. The molecule has 0 heterocycles. The number of hydrogen-bond acceptors (Lipinski definition) is 4. The summed E-state index contributed by atoms with van der Waals surface area (Å²) in [5, 5.41) is 2.98. The van der Waals surface area contributed by atoms with Crippen molar-refractivity contribution in [2.24, 2.45) is 11.7 Å². The second-order valence-corrected chi connectivity index (χ2v) is 5.82. The van der Waals surface area contributed by atoms with Crippen molar-refractivity contribution >= 4 is 11.6 Å². The summed E-state index contributed by atoms with van der Waals surface area (Å²) in [6.07, 6.45) is 4.57. The van der Waals surface area contributed by atoms with Crippen LogP contribution < -0.4 is 20.5 Å². The van der Waals surface area contributed by atoms with Crippen molar-refractivity contribution in [1.29, 1.82) is 0 Å². The highest BCUT2D eigenvalue weighted by atomic mass is 16.5. The average Bonchev–Trinajstić information content (AvgIpc) is 2.95. The molecule has 0 saturated heterocycles. The summed E-state index contributed by atoms with van der Waals surface area (Å²) >= 11 is 0. The zero-order valence-electron chi connectivity index (χ0n) is 13.4. The molecule has 2 atom stereocenters. The maximum absolute atomic E-state index is 12.4. The maximum Gasteiger partial charge on any atom is 0.227 e. The van der Waals surface area contributed by atoms with Gasteiger partial charge >= 0.3 is 0 Å². The van der Waals surface area contributed by atoms with Gasteiger partial charge in [0.1, 0.15) is 11.5 Å². The molecule has 122 valence electrons. The number of unbranched alkanes of at least 4 members (excludes halogenated alkanes) is 1. The third-order valence-corrected chi connectivity index (χ3v) is 4.04. The molecule has 1 aromatic carbocycles. The quantitative estimate of drug-likeness (QED) is 0.760. The largest absolute Gasteiger partial charge is 0.497 e. The van der Waals surface area contributed by atoms with Gasteiger partial charge in [-0.05, 0) is 37.8 Å². The maximum atomic E-state index is 12.4. The minimum Gasteiger partial charge on any atom is -0.497 e. The van der Waals surface area contributed by atoms with Crippen LogP contribution in [0.5, 0.6) is 11.5 Å².